The topological polar surface area (TPSA) is 99.8 Å². The highest BCUT2D eigenvalue weighted by atomic mass is 16.5. The number of piperidine rings is 1. The zero-order valence-electron chi connectivity index (χ0n) is 18.4. The van der Waals surface area contributed by atoms with E-state index in [0.717, 1.165) is 42.6 Å². The summed E-state index contributed by atoms with van der Waals surface area (Å²) in [5.74, 6) is 1.30. The van der Waals surface area contributed by atoms with Crippen LogP contribution in [0.1, 0.15) is 18.4 Å². The predicted molar refractivity (Wildman–Crippen MR) is 124 cm³/mol. The predicted octanol–water partition coefficient (Wildman–Crippen LogP) is 2.28. The van der Waals surface area contributed by atoms with Crippen LogP contribution in [-0.2, 0) is 13.6 Å². The van der Waals surface area contributed by atoms with Gasteiger partial charge >= 0.3 is 0 Å². The average molecular weight is 444 g/mol. The first-order chi connectivity index (χ1) is 16.1. The highest BCUT2D eigenvalue weighted by molar-refractivity contribution is 5.57. The van der Waals surface area contributed by atoms with Crippen LogP contribution in [-0.4, -0.2) is 48.7 Å². The number of nitrogens with one attached hydrogen (secondary N) is 1. The second-order valence-corrected chi connectivity index (χ2v) is 8.13. The van der Waals surface area contributed by atoms with Crippen molar-refractivity contribution < 1.29 is 4.74 Å². The van der Waals surface area contributed by atoms with Gasteiger partial charge < -0.3 is 10.1 Å². The van der Waals surface area contributed by atoms with E-state index in [1.54, 1.807) is 29.3 Å². The van der Waals surface area contributed by atoms with Crippen molar-refractivity contribution in [3.63, 3.8) is 0 Å². The maximum absolute atomic E-state index is 12.4. The van der Waals surface area contributed by atoms with Gasteiger partial charge in [-0.1, -0.05) is 18.2 Å². The maximum Gasteiger partial charge on any atom is 0.267 e. The Morgan fingerprint density at radius 1 is 1.06 bits per heavy atom. The molecule has 1 aliphatic rings. The van der Waals surface area contributed by atoms with Crippen LogP contribution in [0.25, 0.3) is 22.6 Å². The molecule has 0 spiro atoms. The lowest BCUT2D eigenvalue weighted by atomic mass is 10.1. The third-order valence-corrected chi connectivity index (χ3v) is 5.60. The van der Waals surface area contributed by atoms with Gasteiger partial charge in [0.2, 0.25) is 0 Å². The van der Waals surface area contributed by atoms with E-state index in [-0.39, 0.29) is 11.7 Å². The van der Waals surface area contributed by atoms with Crippen molar-refractivity contribution in [2.24, 2.45) is 7.05 Å². The minimum absolute atomic E-state index is 0.163. The van der Waals surface area contributed by atoms with Crippen molar-refractivity contribution in [1.29, 1.82) is 0 Å². The first kappa shape index (κ1) is 21.0. The zero-order valence-corrected chi connectivity index (χ0v) is 18.4. The van der Waals surface area contributed by atoms with Gasteiger partial charge in [-0.2, -0.15) is 10.2 Å². The fourth-order valence-corrected chi connectivity index (χ4v) is 3.88. The molecule has 0 unspecified atom stereocenters. The van der Waals surface area contributed by atoms with Crippen LogP contribution in [0.2, 0.25) is 0 Å². The molecule has 1 N–H and O–H groups in total. The molecule has 0 aliphatic carbocycles. The fraction of sp³-hybridized carbons (Fsp3) is 0.292. The molecule has 1 saturated heterocycles. The van der Waals surface area contributed by atoms with Gasteiger partial charge in [-0.05, 0) is 43.6 Å². The molecule has 0 saturated carbocycles. The molecule has 9 heteroatoms. The second-order valence-electron chi connectivity index (χ2n) is 8.13. The molecule has 0 atom stereocenters. The molecule has 1 aromatic carbocycles. The van der Waals surface area contributed by atoms with E-state index < -0.39 is 0 Å². The third kappa shape index (κ3) is 4.98. The van der Waals surface area contributed by atoms with Crippen molar-refractivity contribution in [3.8, 4) is 28.4 Å². The van der Waals surface area contributed by atoms with Gasteiger partial charge in [0.15, 0.2) is 11.6 Å². The summed E-state index contributed by atoms with van der Waals surface area (Å²) in [5.41, 5.74) is 3.21. The van der Waals surface area contributed by atoms with Gasteiger partial charge in [-0.15, -0.1) is 0 Å². The van der Waals surface area contributed by atoms with Crippen molar-refractivity contribution >= 4 is 0 Å². The maximum atomic E-state index is 12.4. The second kappa shape index (κ2) is 9.33. The number of hydrogen-bond donors (Lipinski definition) is 1. The van der Waals surface area contributed by atoms with Crippen LogP contribution < -0.4 is 15.6 Å². The van der Waals surface area contributed by atoms with Crippen molar-refractivity contribution in [1.82, 2.24) is 34.8 Å². The highest BCUT2D eigenvalue weighted by Crippen LogP contribution is 2.20. The summed E-state index contributed by atoms with van der Waals surface area (Å²) in [6, 6.07) is 11.1. The Morgan fingerprint density at radius 2 is 1.88 bits per heavy atom. The number of ether oxygens (including phenoxy) is 1. The molecule has 4 aromatic rings. The fourth-order valence-electron chi connectivity index (χ4n) is 3.88. The van der Waals surface area contributed by atoms with Gasteiger partial charge in [0.25, 0.3) is 5.56 Å². The Morgan fingerprint density at radius 3 is 2.64 bits per heavy atom. The molecule has 33 heavy (non-hydrogen) atoms. The molecule has 5 rings (SSSR count). The molecule has 0 amide bonds. The number of benzene rings is 1. The van der Waals surface area contributed by atoms with E-state index in [1.807, 2.05) is 37.5 Å². The Bertz CT molecular complexity index is 1290. The molecule has 4 heterocycles. The van der Waals surface area contributed by atoms with Crippen molar-refractivity contribution in [3.05, 3.63) is 77.1 Å². The first-order valence-electron chi connectivity index (χ1n) is 11.0. The quantitative estimate of drug-likeness (QED) is 0.488. The van der Waals surface area contributed by atoms with Gasteiger partial charge in [0, 0.05) is 30.4 Å². The molecular weight excluding hydrogens is 418 g/mol. The number of nitrogens with zero attached hydrogens (tertiary/aromatic N) is 6. The first-order valence-corrected chi connectivity index (χ1v) is 11.0. The molecule has 0 bridgehead atoms. The molecule has 168 valence electrons. The Hall–Kier alpha value is -3.85. The SMILES string of the molecule is Cn1cc(-c2ccc(=O)n(Cc3cccc(-c4ncc(OC5CCNCC5)cn4)c3)n2)cn1. The van der Waals surface area contributed by atoms with Crippen molar-refractivity contribution in [2.75, 3.05) is 13.1 Å². The number of hydrogen-bond acceptors (Lipinski definition) is 7. The summed E-state index contributed by atoms with van der Waals surface area (Å²) in [4.78, 5) is 21.4. The summed E-state index contributed by atoms with van der Waals surface area (Å²) in [5, 5.41) is 12.0. The number of aryl methyl sites for hydroxylation is 1. The summed E-state index contributed by atoms with van der Waals surface area (Å²) >= 11 is 0. The standard InChI is InChI=1S/C24H25N7O2/c1-30-16-19(12-28-30)22-5-6-23(32)31(29-22)15-17-3-2-4-18(11-17)24-26-13-21(14-27-24)33-20-7-9-25-10-8-20/h2-6,11-14,16,20,25H,7-10,15H2,1H3. The summed E-state index contributed by atoms with van der Waals surface area (Å²) < 4.78 is 9.16. The smallest absolute Gasteiger partial charge is 0.267 e. The van der Waals surface area contributed by atoms with Crippen molar-refractivity contribution in [2.45, 2.75) is 25.5 Å². The Labute approximate surface area is 191 Å². The molecular formula is C24H25N7O2. The number of rotatable bonds is 6. The average Bonchev–Trinajstić information content (AvgIpc) is 3.28. The van der Waals surface area contributed by atoms with Crippen LogP contribution in [0, 0.1) is 0 Å². The van der Waals surface area contributed by atoms with Crippen LogP contribution in [0.5, 0.6) is 5.75 Å². The van der Waals surface area contributed by atoms with Gasteiger partial charge in [0.05, 0.1) is 30.8 Å². The van der Waals surface area contributed by atoms with Crippen LogP contribution in [0.4, 0.5) is 0 Å². The lowest BCUT2D eigenvalue weighted by Gasteiger charge is -2.23. The van der Waals surface area contributed by atoms with Crippen LogP contribution >= 0.6 is 0 Å². The van der Waals surface area contributed by atoms with E-state index in [2.05, 4.69) is 25.5 Å². The molecule has 1 aliphatic heterocycles. The minimum Gasteiger partial charge on any atom is -0.487 e. The van der Waals surface area contributed by atoms with E-state index in [0.29, 0.717) is 23.8 Å². The molecule has 1 fully saturated rings. The van der Waals surface area contributed by atoms with E-state index in [9.17, 15) is 4.79 Å². The van der Waals surface area contributed by atoms with E-state index in [1.165, 1.54) is 10.7 Å². The summed E-state index contributed by atoms with van der Waals surface area (Å²) in [6.07, 6.45) is 9.22. The lowest BCUT2D eigenvalue weighted by Crippen LogP contribution is -2.34. The normalized spacial score (nSPS) is 14.3. The van der Waals surface area contributed by atoms with Crippen LogP contribution in [0.3, 0.4) is 0 Å². The molecule has 0 radical (unpaired) electrons. The Balaban J connectivity index is 1.33. The monoisotopic (exact) mass is 443 g/mol. The highest BCUT2D eigenvalue weighted by Gasteiger charge is 2.15. The number of aromatic nitrogens is 6. The largest absolute Gasteiger partial charge is 0.487 e. The zero-order chi connectivity index (χ0) is 22.6. The van der Waals surface area contributed by atoms with Crippen LogP contribution in [0.15, 0.2) is 66.0 Å². The summed E-state index contributed by atoms with van der Waals surface area (Å²) in [6.45, 7) is 2.29. The minimum atomic E-state index is -0.163. The van der Waals surface area contributed by atoms with Gasteiger partial charge in [-0.3, -0.25) is 9.48 Å². The molecule has 9 nitrogen and oxygen atoms in total. The van der Waals surface area contributed by atoms with E-state index in [4.69, 9.17) is 4.74 Å². The lowest BCUT2D eigenvalue weighted by molar-refractivity contribution is 0.161. The molecule has 3 aromatic heterocycles. The Kier molecular flexibility index (Phi) is 5.95. The van der Waals surface area contributed by atoms with E-state index >= 15 is 0 Å². The van der Waals surface area contributed by atoms with Gasteiger partial charge in [0.1, 0.15) is 6.10 Å². The van der Waals surface area contributed by atoms with Gasteiger partial charge in [-0.25, -0.2) is 14.6 Å². The third-order valence-electron chi connectivity index (χ3n) is 5.60. The summed E-state index contributed by atoms with van der Waals surface area (Å²) in [7, 11) is 1.85.